The van der Waals surface area contributed by atoms with E-state index in [2.05, 4.69) is 21.2 Å². The van der Waals surface area contributed by atoms with E-state index in [-0.39, 0.29) is 5.75 Å². The Morgan fingerprint density at radius 3 is 2.81 bits per heavy atom. The van der Waals surface area contributed by atoms with Crippen molar-refractivity contribution in [2.75, 3.05) is 11.9 Å². The summed E-state index contributed by atoms with van der Waals surface area (Å²) in [7, 11) is 0. The molecule has 21 heavy (non-hydrogen) atoms. The number of benzene rings is 2. The number of hydrogen-bond acceptors (Lipinski definition) is 3. The summed E-state index contributed by atoms with van der Waals surface area (Å²) in [4.78, 5) is 0. The maximum absolute atomic E-state index is 9.94. The molecule has 0 heterocycles. The van der Waals surface area contributed by atoms with Crippen molar-refractivity contribution < 1.29 is 9.84 Å². The van der Waals surface area contributed by atoms with E-state index in [0.29, 0.717) is 28.4 Å². The fourth-order valence-corrected chi connectivity index (χ4v) is 2.48. The number of ether oxygens (including phenoxy) is 1. The second-order valence-corrected chi connectivity index (χ2v) is 5.86. The zero-order valence-corrected chi connectivity index (χ0v) is 14.0. The number of nitrogens with one attached hydrogen (secondary N) is 1. The molecule has 0 bridgehead atoms. The van der Waals surface area contributed by atoms with Crippen molar-refractivity contribution in [2.24, 2.45) is 0 Å². The highest BCUT2D eigenvalue weighted by atomic mass is 79.9. The van der Waals surface area contributed by atoms with Crippen LogP contribution in [0.5, 0.6) is 11.5 Å². The fraction of sp³-hybridized carbons (Fsp3) is 0.250. The molecule has 0 aliphatic heterocycles. The molecule has 0 aliphatic rings. The number of rotatable bonds is 6. The summed E-state index contributed by atoms with van der Waals surface area (Å²) in [6, 6.07) is 11.1. The molecular weight excluding hydrogens is 354 g/mol. The van der Waals surface area contributed by atoms with Crippen LogP contribution in [-0.2, 0) is 6.54 Å². The fourth-order valence-electron chi connectivity index (χ4n) is 1.84. The zero-order valence-electron chi connectivity index (χ0n) is 11.7. The van der Waals surface area contributed by atoms with Crippen LogP contribution >= 0.6 is 27.5 Å². The minimum absolute atomic E-state index is 0.249. The van der Waals surface area contributed by atoms with E-state index in [0.717, 1.165) is 17.7 Å². The summed E-state index contributed by atoms with van der Waals surface area (Å²) in [5, 5.41) is 13.7. The zero-order chi connectivity index (χ0) is 15.2. The molecule has 0 spiro atoms. The number of aromatic hydroxyl groups is 1. The van der Waals surface area contributed by atoms with E-state index < -0.39 is 0 Å². The van der Waals surface area contributed by atoms with Crippen molar-refractivity contribution >= 4 is 33.2 Å². The Labute approximate surface area is 138 Å². The van der Waals surface area contributed by atoms with Crippen LogP contribution in [0.1, 0.15) is 18.9 Å². The van der Waals surface area contributed by atoms with Crippen LogP contribution in [0.15, 0.2) is 40.9 Å². The lowest BCUT2D eigenvalue weighted by molar-refractivity contribution is 0.317. The molecule has 2 aromatic rings. The Morgan fingerprint density at radius 1 is 1.29 bits per heavy atom. The highest BCUT2D eigenvalue weighted by Crippen LogP contribution is 2.30. The van der Waals surface area contributed by atoms with Gasteiger partial charge in [-0.25, -0.2) is 0 Å². The summed E-state index contributed by atoms with van der Waals surface area (Å²) >= 11 is 9.48. The molecule has 0 fully saturated rings. The molecule has 0 aromatic heterocycles. The van der Waals surface area contributed by atoms with Gasteiger partial charge in [-0.3, -0.25) is 0 Å². The molecule has 0 atom stereocenters. The first-order valence-corrected chi connectivity index (χ1v) is 7.91. The van der Waals surface area contributed by atoms with Gasteiger partial charge in [-0.2, -0.15) is 0 Å². The molecule has 0 amide bonds. The maximum Gasteiger partial charge on any atom is 0.138 e. The van der Waals surface area contributed by atoms with Crippen LogP contribution in [0, 0.1) is 0 Å². The third-order valence-corrected chi connectivity index (χ3v) is 3.88. The third-order valence-electron chi connectivity index (χ3n) is 2.95. The second kappa shape index (κ2) is 7.57. The van der Waals surface area contributed by atoms with Crippen LogP contribution in [0.2, 0.25) is 5.02 Å². The predicted molar refractivity (Wildman–Crippen MR) is 90.4 cm³/mol. The third kappa shape index (κ3) is 4.29. The minimum atomic E-state index is 0.249. The van der Waals surface area contributed by atoms with Crippen molar-refractivity contribution in [1.29, 1.82) is 0 Å². The van der Waals surface area contributed by atoms with Gasteiger partial charge in [-0.1, -0.05) is 30.7 Å². The standard InChI is InChI=1S/C16H17BrClNO2/c1-2-8-21-15-7-6-12(9-14(15)18)19-10-11-4-3-5-13(17)16(11)20/h3-7,9,19-20H,2,8,10H2,1H3. The van der Waals surface area contributed by atoms with E-state index in [1.54, 1.807) is 6.07 Å². The second-order valence-electron chi connectivity index (χ2n) is 4.59. The SMILES string of the molecule is CCCOc1ccc(NCc2cccc(Br)c2O)cc1Cl. The van der Waals surface area contributed by atoms with E-state index in [9.17, 15) is 5.11 Å². The van der Waals surface area contributed by atoms with Gasteiger partial charge in [0.15, 0.2) is 0 Å². The highest BCUT2D eigenvalue weighted by Gasteiger charge is 2.06. The van der Waals surface area contributed by atoms with Gasteiger partial charge in [-0.05, 0) is 46.6 Å². The molecule has 112 valence electrons. The van der Waals surface area contributed by atoms with Gasteiger partial charge in [0.05, 0.1) is 16.1 Å². The number of para-hydroxylation sites is 1. The first-order chi connectivity index (χ1) is 10.1. The summed E-state index contributed by atoms with van der Waals surface area (Å²) < 4.78 is 6.22. The minimum Gasteiger partial charge on any atom is -0.506 e. The molecule has 2 rings (SSSR count). The monoisotopic (exact) mass is 369 g/mol. The molecule has 2 N–H and O–H groups in total. The van der Waals surface area contributed by atoms with Crippen molar-refractivity contribution in [3.8, 4) is 11.5 Å². The van der Waals surface area contributed by atoms with E-state index in [1.165, 1.54) is 0 Å². The largest absolute Gasteiger partial charge is 0.506 e. The van der Waals surface area contributed by atoms with E-state index in [4.69, 9.17) is 16.3 Å². The Kier molecular flexibility index (Phi) is 5.76. The topological polar surface area (TPSA) is 41.5 Å². The lowest BCUT2D eigenvalue weighted by Crippen LogP contribution is -2.01. The highest BCUT2D eigenvalue weighted by molar-refractivity contribution is 9.10. The quantitative estimate of drug-likeness (QED) is 0.733. The van der Waals surface area contributed by atoms with Crippen LogP contribution in [-0.4, -0.2) is 11.7 Å². The Morgan fingerprint density at radius 2 is 2.10 bits per heavy atom. The smallest absolute Gasteiger partial charge is 0.138 e. The van der Waals surface area contributed by atoms with Gasteiger partial charge < -0.3 is 15.2 Å². The molecule has 5 heteroatoms. The summed E-state index contributed by atoms with van der Waals surface area (Å²) in [6.45, 7) is 3.21. The molecule has 0 aliphatic carbocycles. The number of hydrogen-bond donors (Lipinski definition) is 2. The van der Waals surface area contributed by atoms with E-state index >= 15 is 0 Å². The summed E-state index contributed by atoms with van der Waals surface area (Å²) in [6.07, 6.45) is 0.943. The van der Waals surface area contributed by atoms with Crippen molar-refractivity contribution in [1.82, 2.24) is 0 Å². The Balaban J connectivity index is 2.03. The lowest BCUT2D eigenvalue weighted by atomic mass is 10.2. The summed E-state index contributed by atoms with van der Waals surface area (Å²) in [5.41, 5.74) is 1.69. The van der Waals surface area contributed by atoms with Crippen LogP contribution < -0.4 is 10.1 Å². The first-order valence-electron chi connectivity index (χ1n) is 6.74. The number of anilines is 1. The van der Waals surface area contributed by atoms with Gasteiger partial charge in [0.1, 0.15) is 11.5 Å². The molecule has 3 nitrogen and oxygen atoms in total. The number of phenolic OH excluding ortho intramolecular Hbond substituents is 1. The average molecular weight is 371 g/mol. The average Bonchev–Trinajstić information content (AvgIpc) is 2.48. The van der Waals surface area contributed by atoms with Crippen molar-refractivity contribution in [2.45, 2.75) is 19.9 Å². The number of phenols is 1. The number of halogens is 2. The van der Waals surface area contributed by atoms with E-state index in [1.807, 2.05) is 37.3 Å². The van der Waals surface area contributed by atoms with Crippen molar-refractivity contribution in [3.05, 3.63) is 51.5 Å². The molecule has 0 saturated carbocycles. The Bertz CT molecular complexity index is 619. The van der Waals surface area contributed by atoms with Gasteiger partial charge >= 0.3 is 0 Å². The molecule has 0 unspecified atom stereocenters. The lowest BCUT2D eigenvalue weighted by Gasteiger charge is -2.11. The molecule has 0 radical (unpaired) electrons. The van der Waals surface area contributed by atoms with Crippen LogP contribution in [0.25, 0.3) is 0 Å². The first kappa shape index (κ1) is 16.0. The van der Waals surface area contributed by atoms with Crippen LogP contribution in [0.3, 0.4) is 0 Å². The van der Waals surface area contributed by atoms with Crippen molar-refractivity contribution in [3.63, 3.8) is 0 Å². The molecule has 2 aromatic carbocycles. The molecular formula is C16H17BrClNO2. The maximum atomic E-state index is 9.94. The summed E-state index contributed by atoms with van der Waals surface area (Å²) in [5.74, 6) is 0.938. The Hall–Kier alpha value is -1.39. The van der Waals surface area contributed by atoms with Gasteiger partial charge in [-0.15, -0.1) is 0 Å². The normalized spacial score (nSPS) is 10.4. The van der Waals surface area contributed by atoms with Gasteiger partial charge in [0, 0.05) is 17.8 Å². The van der Waals surface area contributed by atoms with Gasteiger partial charge in [0.25, 0.3) is 0 Å². The van der Waals surface area contributed by atoms with Crippen LogP contribution in [0.4, 0.5) is 5.69 Å². The molecule has 0 saturated heterocycles. The van der Waals surface area contributed by atoms with Gasteiger partial charge in [0.2, 0.25) is 0 Å². The predicted octanol–water partition coefficient (Wildman–Crippen LogP) is 5.21.